The van der Waals surface area contributed by atoms with E-state index >= 15 is 0 Å². The highest BCUT2D eigenvalue weighted by Gasteiger charge is 2.10. The van der Waals surface area contributed by atoms with E-state index in [1.165, 1.54) is 33.2 Å². The number of allylic oxidation sites excluding steroid dienone is 4. The molecule has 2 aromatic carbocycles. The molecule has 0 spiro atoms. The molecule has 2 aromatic rings. The summed E-state index contributed by atoms with van der Waals surface area (Å²) in [7, 11) is 0. The molecule has 0 heteroatoms. The minimum absolute atomic E-state index is 0.677. The maximum atomic E-state index is 2.40. The predicted octanol–water partition coefficient (Wildman–Crippen LogP) is 3.31. The average Bonchev–Trinajstić information content (AvgIpc) is 2.44. The lowest BCUT2D eigenvalue weighted by Crippen LogP contribution is -2.26. The maximum absolute atomic E-state index is 2.40. The molecule has 2 bridgehead atoms. The molecule has 0 saturated carbocycles. The number of rotatable bonds is 0. The summed E-state index contributed by atoms with van der Waals surface area (Å²) in [6.45, 7) is 0. The normalized spacial score (nSPS) is 24.2. The third-order valence-electron chi connectivity index (χ3n) is 4.12. The molecule has 0 heterocycles. The zero-order chi connectivity index (χ0) is 12.7. The van der Waals surface area contributed by atoms with Gasteiger partial charge in [0.2, 0.25) is 0 Å². The van der Waals surface area contributed by atoms with Gasteiger partial charge in [-0.25, -0.2) is 0 Å². The van der Waals surface area contributed by atoms with Crippen molar-refractivity contribution in [1.82, 2.24) is 0 Å². The van der Waals surface area contributed by atoms with Gasteiger partial charge in [0.05, 0.1) is 0 Å². The van der Waals surface area contributed by atoms with Crippen LogP contribution in [-0.2, 0) is 0 Å². The molecule has 1 unspecified atom stereocenters. The topological polar surface area (TPSA) is 0 Å². The Morgan fingerprint density at radius 3 is 2.58 bits per heavy atom. The van der Waals surface area contributed by atoms with Crippen LogP contribution >= 0.6 is 0 Å². The zero-order valence-corrected chi connectivity index (χ0v) is 10.8. The molecule has 4 rings (SSSR count). The van der Waals surface area contributed by atoms with Crippen molar-refractivity contribution in [2.24, 2.45) is 5.92 Å². The summed E-state index contributed by atoms with van der Waals surface area (Å²) in [4.78, 5) is 0. The summed E-state index contributed by atoms with van der Waals surface area (Å²) in [5.41, 5.74) is 1.46. The number of fused-ring (bicyclic) bond motifs is 4. The van der Waals surface area contributed by atoms with E-state index in [4.69, 9.17) is 0 Å². The van der Waals surface area contributed by atoms with E-state index in [0.717, 1.165) is 6.42 Å². The fourth-order valence-corrected chi connectivity index (χ4v) is 3.10. The van der Waals surface area contributed by atoms with Crippen LogP contribution in [0.15, 0.2) is 60.2 Å². The predicted molar refractivity (Wildman–Crippen MR) is 82.1 cm³/mol. The molecule has 0 aliphatic heterocycles. The van der Waals surface area contributed by atoms with Crippen LogP contribution in [0.2, 0.25) is 0 Å². The van der Waals surface area contributed by atoms with Crippen LogP contribution in [0.4, 0.5) is 0 Å². The van der Waals surface area contributed by atoms with Gasteiger partial charge in [-0.3, -0.25) is 0 Å². The van der Waals surface area contributed by atoms with Gasteiger partial charge in [-0.1, -0.05) is 54.6 Å². The second kappa shape index (κ2) is 4.24. The lowest BCUT2D eigenvalue weighted by molar-refractivity contribution is 0.672. The van der Waals surface area contributed by atoms with Crippen LogP contribution in [0.5, 0.6) is 0 Å². The monoisotopic (exact) mass is 244 g/mol. The Morgan fingerprint density at radius 2 is 1.74 bits per heavy atom. The largest absolute Gasteiger partial charge is 0.0808 e. The van der Waals surface area contributed by atoms with Gasteiger partial charge in [-0.05, 0) is 57.7 Å². The first-order chi connectivity index (χ1) is 9.38. The SMILES string of the molecule is C1=CC2C/C=c3/cc4ccccc4c/c3=C/C(=C1)C2. The second-order valence-corrected chi connectivity index (χ2v) is 5.50. The van der Waals surface area contributed by atoms with E-state index in [0.29, 0.717) is 5.92 Å². The molecule has 0 saturated heterocycles. The Hall–Kier alpha value is -2.08. The molecule has 0 aromatic heterocycles. The third-order valence-corrected chi connectivity index (χ3v) is 4.12. The molecule has 19 heavy (non-hydrogen) atoms. The lowest BCUT2D eigenvalue weighted by Gasteiger charge is -2.16. The molecule has 1 atom stereocenters. The first-order valence-corrected chi connectivity index (χ1v) is 6.97. The lowest BCUT2D eigenvalue weighted by atomic mass is 9.88. The van der Waals surface area contributed by atoms with Crippen LogP contribution in [0.1, 0.15) is 12.8 Å². The Bertz CT molecular complexity index is 819. The van der Waals surface area contributed by atoms with Crippen LogP contribution in [0, 0.1) is 5.92 Å². The van der Waals surface area contributed by atoms with Gasteiger partial charge in [0.25, 0.3) is 0 Å². The van der Waals surface area contributed by atoms with Gasteiger partial charge in [0.15, 0.2) is 0 Å². The van der Waals surface area contributed by atoms with Gasteiger partial charge < -0.3 is 0 Å². The van der Waals surface area contributed by atoms with Crippen molar-refractivity contribution >= 4 is 22.9 Å². The summed E-state index contributed by atoms with van der Waals surface area (Å²) in [5.74, 6) is 0.677. The standard InChI is InChI=1S/C19H16/c1-2-7-17-13-19-11-15-5-3-4-14(10-15)8-9-18(19)12-16(17)6-1/h1-7,9,11-14H,8,10H2/b18-9-,19-11-. The zero-order valence-electron chi connectivity index (χ0n) is 10.8. The maximum Gasteiger partial charge on any atom is -0.0155 e. The smallest absolute Gasteiger partial charge is 0.0155 e. The van der Waals surface area contributed by atoms with Crippen LogP contribution in [-0.4, -0.2) is 0 Å². The van der Waals surface area contributed by atoms with Crippen LogP contribution in [0.3, 0.4) is 0 Å². The van der Waals surface area contributed by atoms with Crippen molar-refractivity contribution in [3.63, 3.8) is 0 Å². The summed E-state index contributed by atoms with van der Waals surface area (Å²) in [5, 5.41) is 5.40. The van der Waals surface area contributed by atoms with E-state index in [1.807, 2.05) is 0 Å². The van der Waals surface area contributed by atoms with Gasteiger partial charge in [-0.2, -0.15) is 0 Å². The molecule has 2 aliphatic rings. The van der Waals surface area contributed by atoms with Gasteiger partial charge >= 0.3 is 0 Å². The van der Waals surface area contributed by atoms with Crippen molar-refractivity contribution in [3.05, 3.63) is 70.6 Å². The van der Waals surface area contributed by atoms with E-state index in [-0.39, 0.29) is 0 Å². The number of hydrogen-bond acceptors (Lipinski definition) is 0. The first-order valence-electron chi connectivity index (χ1n) is 6.97. The van der Waals surface area contributed by atoms with Crippen LogP contribution < -0.4 is 10.4 Å². The number of hydrogen-bond donors (Lipinski definition) is 0. The van der Waals surface area contributed by atoms with E-state index in [9.17, 15) is 0 Å². The van der Waals surface area contributed by atoms with Crippen molar-refractivity contribution < 1.29 is 0 Å². The molecular formula is C19H16. The summed E-state index contributed by atoms with van der Waals surface area (Å²) in [6.07, 6.45) is 13.9. The molecule has 0 nitrogen and oxygen atoms in total. The van der Waals surface area contributed by atoms with Gasteiger partial charge in [0.1, 0.15) is 0 Å². The molecule has 0 fully saturated rings. The van der Waals surface area contributed by atoms with E-state index in [1.54, 1.807) is 0 Å². The van der Waals surface area contributed by atoms with E-state index < -0.39 is 0 Å². The van der Waals surface area contributed by atoms with E-state index in [2.05, 4.69) is 66.8 Å². The molecule has 0 N–H and O–H groups in total. The minimum atomic E-state index is 0.677. The van der Waals surface area contributed by atoms with Crippen molar-refractivity contribution in [3.8, 4) is 0 Å². The Balaban J connectivity index is 2.07. The van der Waals surface area contributed by atoms with Crippen LogP contribution in [0.25, 0.3) is 22.9 Å². The van der Waals surface area contributed by atoms with Crippen molar-refractivity contribution in [1.29, 1.82) is 0 Å². The Kier molecular flexibility index (Phi) is 2.41. The average molecular weight is 244 g/mol. The quantitative estimate of drug-likeness (QED) is 0.667. The minimum Gasteiger partial charge on any atom is -0.0808 e. The highest BCUT2D eigenvalue weighted by molar-refractivity contribution is 5.83. The molecule has 2 aliphatic carbocycles. The highest BCUT2D eigenvalue weighted by Crippen LogP contribution is 2.23. The molecule has 0 amide bonds. The molecular weight excluding hydrogens is 228 g/mol. The van der Waals surface area contributed by atoms with Gasteiger partial charge in [-0.15, -0.1) is 0 Å². The summed E-state index contributed by atoms with van der Waals surface area (Å²) in [6, 6.07) is 13.3. The molecule has 0 radical (unpaired) electrons. The summed E-state index contributed by atoms with van der Waals surface area (Å²) >= 11 is 0. The first kappa shape index (κ1) is 10.8. The number of benzene rings is 2. The Labute approximate surface area is 113 Å². The Morgan fingerprint density at radius 1 is 0.947 bits per heavy atom. The third kappa shape index (κ3) is 1.94. The second-order valence-electron chi connectivity index (χ2n) is 5.50. The summed E-state index contributed by atoms with van der Waals surface area (Å²) < 4.78 is 0. The van der Waals surface area contributed by atoms with Gasteiger partial charge in [0, 0.05) is 0 Å². The van der Waals surface area contributed by atoms with Crippen molar-refractivity contribution in [2.75, 3.05) is 0 Å². The fourth-order valence-electron chi connectivity index (χ4n) is 3.10. The van der Waals surface area contributed by atoms with Crippen molar-refractivity contribution in [2.45, 2.75) is 12.8 Å². The fraction of sp³-hybridized carbons (Fsp3) is 0.158. The highest BCUT2D eigenvalue weighted by atomic mass is 14.1. The molecule has 92 valence electrons.